The molecule has 24 heavy (non-hydrogen) atoms. The van der Waals surface area contributed by atoms with Crippen LogP contribution in [-0.2, 0) is 18.6 Å². The van der Waals surface area contributed by atoms with E-state index in [1.807, 2.05) is 6.07 Å². The zero-order valence-electron chi connectivity index (χ0n) is 13.4. The van der Waals surface area contributed by atoms with Crippen LogP contribution in [0, 0.1) is 5.92 Å². The molecule has 1 saturated carbocycles. The Morgan fingerprint density at radius 2 is 2.17 bits per heavy atom. The third kappa shape index (κ3) is 2.22. The van der Waals surface area contributed by atoms with Gasteiger partial charge in [-0.3, -0.25) is 0 Å². The Balaban J connectivity index is 1.46. The van der Waals surface area contributed by atoms with Crippen LogP contribution < -0.4 is 21.7 Å². The van der Waals surface area contributed by atoms with Crippen molar-refractivity contribution < 1.29 is 4.42 Å². The fraction of sp³-hybridized carbons (Fsp3) is 0.389. The van der Waals surface area contributed by atoms with Gasteiger partial charge in [-0.15, -0.1) is 0 Å². The maximum absolute atomic E-state index is 6.61. The Morgan fingerprint density at radius 3 is 3.04 bits per heavy atom. The average molecular weight is 323 g/mol. The van der Waals surface area contributed by atoms with Gasteiger partial charge >= 0.3 is 0 Å². The lowest BCUT2D eigenvalue weighted by molar-refractivity contribution is 0.315. The molecule has 0 saturated heterocycles. The van der Waals surface area contributed by atoms with E-state index < -0.39 is 5.66 Å². The summed E-state index contributed by atoms with van der Waals surface area (Å²) in [6.07, 6.45) is 4.92. The van der Waals surface area contributed by atoms with Crippen LogP contribution >= 0.6 is 0 Å². The number of hydrogen-bond acceptors (Lipinski definition) is 6. The minimum absolute atomic E-state index is 0.357. The molecule has 3 aliphatic rings. The summed E-state index contributed by atoms with van der Waals surface area (Å²) >= 11 is 0. The monoisotopic (exact) mass is 323 g/mol. The lowest BCUT2D eigenvalue weighted by atomic mass is 10.00. The predicted molar refractivity (Wildman–Crippen MR) is 93.8 cm³/mol. The molecule has 1 atom stereocenters. The molecule has 1 fully saturated rings. The zero-order chi connectivity index (χ0) is 16.1. The molecule has 6 heteroatoms. The van der Waals surface area contributed by atoms with Crippen molar-refractivity contribution in [3.63, 3.8) is 0 Å². The van der Waals surface area contributed by atoms with E-state index >= 15 is 0 Å². The molecule has 1 aromatic carbocycles. The summed E-state index contributed by atoms with van der Waals surface area (Å²) in [5, 5.41) is 10.1. The highest BCUT2D eigenvalue weighted by Gasteiger charge is 2.49. The van der Waals surface area contributed by atoms with Gasteiger partial charge in [0.2, 0.25) is 5.96 Å². The molecule has 1 aromatic heterocycles. The van der Waals surface area contributed by atoms with Gasteiger partial charge in [0.05, 0.1) is 12.0 Å². The first-order valence-electron chi connectivity index (χ1n) is 8.56. The topological polar surface area (TPSA) is 87.6 Å². The molecule has 0 bridgehead atoms. The van der Waals surface area contributed by atoms with Gasteiger partial charge in [-0.25, -0.2) is 4.99 Å². The summed E-state index contributed by atoms with van der Waals surface area (Å²) in [5.41, 5.74) is 10.5. The second kappa shape index (κ2) is 5.09. The molecule has 3 heterocycles. The molecule has 5 N–H and O–H groups in total. The van der Waals surface area contributed by atoms with Gasteiger partial charge in [-0.05, 0) is 49.1 Å². The molecule has 1 aliphatic carbocycles. The standard InChI is InChI=1S/C18H21N5O/c19-18(13-2-3-13)16-15(6-8-24-16)22-17(23-18)21-14-4-1-12-10-20-7-5-11(12)9-14/h1,4,6,8-9,13,20H,2-3,5,7,10,19H2,(H2,21,22,23). The van der Waals surface area contributed by atoms with Crippen molar-refractivity contribution in [1.82, 2.24) is 5.32 Å². The van der Waals surface area contributed by atoms with Gasteiger partial charge in [0, 0.05) is 24.2 Å². The number of rotatable bonds is 2. The number of guanidine groups is 1. The van der Waals surface area contributed by atoms with E-state index in [2.05, 4.69) is 34.1 Å². The molecule has 5 rings (SSSR count). The zero-order valence-corrected chi connectivity index (χ0v) is 13.4. The van der Waals surface area contributed by atoms with Crippen molar-refractivity contribution in [1.29, 1.82) is 0 Å². The Labute approximate surface area is 140 Å². The summed E-state index contributed by atoms with van der Waals surface area (Å²) in [6, 6.07) is 8.39. The van der Waals surface area contributed by atoms with Crippen LogP contribution in [0.4, 0.5) is 11.4 Å². The Bertz CT molecular complexity index is 823. The number of aliphatic imine (C=N–C) groups is 1. The Hall–Kier alpha value is -2.31. The lowest BCUT2D eigenvalue weighted by Gasteiger charge is -2.30. The lowest BCUT2D eigenvalue weighted by Crippen LogP contribution is -2.44. The van der Waals surface area contributed by atoms with Gasteiger partial charge in [-0.1, -0.05) is 6.07 Å². The van der Waals surface area contributed by atoms with Crippen LogP contribution in [0.5, 0.6) is 0 Å². The number of anilines is 2. The largest absolute Gasteiger partial charge is 0.463 e. The maximum atomic E-state index is 6.61. The van der Waals surface area contributed by atoms with E-state index in [1.165, 1.54) is 11.1 Å². The molecule has 2 aliphatic heterocycles. The summed E-state index contributed by atoms with van der Waals surface area (Å²) in [5.74, 6) is 1.79. The molecule has 2 aromatic rings. The number of furan rings is 1. The third-order valence-electron chi connectivity index (χ3n) is 5.13. The first kappa shape index (κ1) is 14.1. The normalized spacial score (nSPS) is 25.3. The highest BCUT2D eigenvalue weighted by Crippen LogP contribution is 2.48. The summed E-state index contributed by atoms with van der Waals surface area (Å²) in [7, 11) is 0. The minimum atomic E-state index is -0.759. The van der Waals surface area contributed by atoms with Crippen LogP contribution in [0.15, 0.2) is 39.9 Å². The van der Waals surface area contributed by atoms with Crippen molar-refractivity contribution in [2.75, 3.05) is 17.2 Å². The van der Waals surface area contributed by atoms with E-state index in [-0.39, 0.29) is 0 Å². The number of nitrogens with two attached hydrogens (primary N) is 1. The molecule has 124 valence electrons. The van der Waals surface area contributed by atoms with E-state index in [9.17, 15) is 0 Å². The van der Waals surface area contributed by atoms with Gasteiger partial charge in [0.1, 0.15) is 0 Å². The van der Waals surface area contributed by atoms with Crippen LogP contribution in [0.3, 0.4) is 0 Å². The summed E-state index contributed by atoms with van der Waals surface area (Å²) in [6.45, 7) is 1.97. The molecule has 1 unspecified atom stereocenters. The van der Waals surface area contributed by atoms with Gasteiger partial charge < -0.3 is 26.1 Å². The SMILES string of the molecule is NC1(C2CC2)N=C(Nc2ccc3c(c2)CCNC3)Nc2ccoc21. The van der Waals surface area contributed by atoms with Crippen LogP contribution in [0.1, 0.15) is 29.7 Å². The average Bonchev–Trinajstić information content (AvgIpc) is 3.34. The maximum Gasteiger partial charge on any atom is 0.202 e. The molecule has 6 nitrogen and oxygen atoms in total. The molecule has 0 radical (unpaired) electrons. The molecular formula is C18H21N5O. The smallest absolute Gasteiger partial charge is 0.202 e. The molecule has 0 amide bonds. The highest BCUT2D eigenvalue weighted by atomic mass is 16.3. The number of hydrogen-bond donors (Lipinski definition) is 4. The van der Waals surface area contributed by atoms with Crippen molar-refractivity contribution in [2.45, 2.75) is 31.5 Å². The summed E-state index contributed by atoms with van der Waals surface area (Å²) < 4.78 is 5.62. The van der Waals surface area contributed by atoms with E-state index in [0.29, 0.717) is 11.9 Å². The van der Waals surface area contributed by atoms with Gasteiger partial charge in [-0.2, -0.15) is 0 Å². The van der Waals surface area contributed by atoms with Crippen molar-refractivity contribution in [2.24, 2.45) is 16.6 Å². The van der Waals surface area contributed by atoms with Crippen molar-refractivity contribution in [3.8, 4) is 0 Å². The first-order valence-corrected chi connectivity index (χ1v) is 8.56. The van der Waals surface area contributed by atoms with Gasteiger partial charge in [0.15, 0.2) is 11.4 Å². The quantitative estimate of drug-likeness (QED) is 0.681. The van der Waals surface area contributed by atoms with E-state index in [1.54, 1.807) is 6.26 Å². The third-order valence-corrected chi connectivity index (χ3v) is 5.13. The van der Waals surface area contributed by atoms with Crippen molar-refractivity contribution >= 4 is 17.3 Å². The fourth-order valence-corrected chi connectivity index (χ4v) is 3.66. The van der Waals surface area contributed by atoms with E-state index in [4.69, 9.17) is 15.1 Å². The second-order valence-electron chi connectivity index (χ2n) is 6.88. The highest BCUT2D eigenvalue weighted by molar-refractivity contribution is 6.05. The molecular weight excluding hydrogens is 302 g/mol. The Morgan fingerprint density at radius 1 is 1.25 bits per heavy atom. The predicted octanol–water partition coefficient (Wildman–Crippen LogP) is 2.34. The van der Waals surface area contributed by atoms with Crippen LogP contribution in [0.2, 0.25) is 0 Å². The number of fused-ring (bicyclic) bond motifs is 2. The van der Waals surface area contributed by atoms with Crippen molar-refractivity contribution in [3.05, 3.63) is 47.4 Å². The van der Waals surface area contributed by atoms with Gasteiger partial charge in [0.25, 0.3) is 0 Å². The number of nitrogens with one attached hydrogen (secondary N) is 3. The van der Waals surface area contributed by atoms with Crippen LogP contribution in [-0.4, -0.2) is 12.5 Å². The number of benzene rings is 1. The number of nitrogens with zero attached hydrogens (tertiary/aromatic N) is 1. The first-order chi connectivity index (χ1) is 11.7. The molecule has 0 spiro atoms. The summed E-state index contributed by atoms with van der Waals surface area (Å²) in [4.78, 5) is 4.76. The minimum Gasteiger partial charge on any atom is -0.463 e. The van der Waals surface area contributed by atoms with Crippen LogP contribution in [0.25, 0.3) is 0 Å². The Kier molecular flexibility index (Phi) is 2.98. The second-order valence-corrected chi connectivity index (χ2v) is 6.88. The van der Waals surface area contributed by atoms with E-state index in [0.717, 1.165) is 49.5 Å². The fourth-order valence-electron chi connectivity index (χ4n) is 3.66.